The van der Waals surface area contributed by atoms with Crippen LogP contribution in [0.2, 0.25) is 5.02 Å². The zero-order valence-corrected chi connectivity index (χ0v) is 19.1. The first-order valence-electron chi connectivity index (χ1n) is 10.8. The Bertz CT molecular complexity index is 1280. The van der Waals surface area contributed by atoms with E-state index in [4.69, 9.17) is 22.1 Å². The van der Waals surface area contributed by atoms with E-state index in [1.54, 1.807) is 0 Å². The third-order valence-corrected chi connectivity index (χ3v) is 5.72. The molecule has 4 nitrogen and oxygen atoms in total. The van der Waals surface area contributed by atoms with Crippen molar-refractivity contribution < 1.29 is 4.74 Å². The largest absolute Gasteiger partial charge is 0.489 e. The van der Waals surface area contributed by atoms with Crippen LogP contribution in [0.1, 0.15) is 25.1 Å². The van der Waals surface area contributed by atoms with E-state index in [9.17, 15) is 4.79 Å². The Hall–Kier alpha value is -3.08. The van der Waals surface area contributed by atoms with Gasteiger partial charge in [0.15, 0.2) is 0 Å². The first-order chi connectivity index (χ1) is 15.5. The Morgan fingerprint density at radius 3 is 2.34 bits per heavy atom. The van der Waals surface area contributed by atoms with Crippen LogP contribution >= 0.6 is 11.6 Å². The van der Waals surface area contributed by atoms with Crippen molar-refractivity contribution in [1.29, 1.82) is 0 Å². The standard InChI is InChI=1S/C27H27ClN2O2/c1-18(2)16-30-25(15-29)26(20-8-10-21(28)11-9-20)24-14-22(12-13-23(24)27(30)31)32-17-19-6-4-3-5-7-19/h3-14,18H,15-17,29H2,1-2H3. The second-order valence-corrected chi connectivity index (χ2v) is 8.76. The predicted octanol–water partition coefficient (Wildman–Crippen LogP) is 6.02. The number of halogens is 1. The summed E-state index contributed by atoms with van der Waals surface area (Å²) in [4.78, 5) is 13.4. The molecule has 0 aliphatic heterocycles. The fourth-order valence-corrected chi connectivity index (χ4v) is 4.14. The molecular formula is C27H27ClN2O2. The molecule has 0 aliphatic carbocycles. The van der Waals surface area contributed by atoms with E-state index in [1.165, 1.54) is 0 Å². The van der Waals surface area contributed by atoms with Gasteiger partial charge >= 0.3 is 0 Å². The summed E-state index contributed by atoms with van der Waals surface area (Å²) < 4.78 is 7.88. The molecular weight excluding hydrogens is 420 g/mol. The van der Waals surface area contributed by atoms with Gasteiger partial charge in [-0.15, -0.1) is 0 Å². The number of ether oxygens (including phenoxy) is 1. The van der Waals surface area contributed by atoms with E-state index < -0.39 is 0 Å². The van der Waals surface area contributed by atoms with Crippen LogP contribution in [0.25, 0.3) is 21.9 Å². The molecule has 0 saturated heterocycles. The lowest BCUT2D eigenvalue weighted by Crippen LogP contribution is -2.28. The molecule has 2 N–H and O–H groups in total. The van der Waals surface area contributed by atoms with Crippen LogP contribution in [0, 0.1) is 5.92 Å². The zero-order valence-electron chi connectivity index (χ0n) is 18.3. The number of hydrogen-bond acceptors (Lipinski definition) is 3. The highest BCUT2D eigenvalue weighted by molar-refractivity contribution is 6.30. The molecule has 0 fully saturated rings. The van der Waals surface area contributed by atoms with Crippen LogP contribution in [0.3, 0.4) is 0 Å². The number of aromatic nitrogens is 1. The first-order valence-corrected chi connectivity index (χ1v) is 11.2. The third-order valence-electron chi connectivity index (χ3n) is 5.47. The van der Waals surface area contributed by atoms with E-state index in [-0.39, 0.29) is 12.1 Å². The first kappa shape index (κ1) is 22.1. The van der Waals surface area contributed by atoms with Gasteiger partial charge in [-0.3, -0.25) is 4.79 Å². The second kappa shape index (κ2) is 9.60. The summed E-state index contributed by atoms with van der Waals surface area (Å²) in [7, 11) is 0. The van der Waals surface area contributed by atoms with Crippen molar-refractivity contribution in [3.63, 3.8) is 0 Å². The van der Waals surface area contributed by atoms with E-state index in [0.29, 0.717) is 35.2 Å². The average Bonchev–Trinajstić information content (AvgIpc) is 2.80. The molecule has 0 aliphatic rings. The van der Waals surface area contributed by atoms with Crippen molar-refractivity contribution in [1.82, 2.24) is 4.57 Å². The van der Waals surface area contributed by atoms with Crippen LogP contribution < -0.4 is 16.0 Å². The fourth-order valence-electron chi connectivity index (χ4n) is 4.01. The normalized spacial score (nSPS) is 11.3. The van der Waals surface area contributed by atoms with Gasteiger partial charge in [0.05, 0.1) is 0 Å². The Morgan fingerprint density at radius 1 is 0.969 bits per heavy atom. The molecule has 4 aromatic rings. The van der Waals surface area contributed by atoms with Gasteiger partial charge in [0.2, 0.25) is 0 Å². The van der Waals surface area contributed by atoms with Crippen molar-refractivity contribution in [2.45, 2.75) is 33.5 Å². The number of benzene rings is 3. The monoisotopic (exact) mass is 446 g/mol. The number of rotatable bonds is 7. The van der Waals surface area contributed by atoms with E-state index in [0.717, 1.165) is 27.8 Å². The zero-order chi connectivity index (χ0) is 22.7. The van der Waals surface area contributed by atoms with E-state index in [2.05, 4.69) is 13.8 Å². The highest BCUT2D eigenvalue weighted by Crippen LogP contribution is 2.34. The van der Waals surface area contributed by atoms with Crippen LogP contribution in [-0.4, -0.2) is 4.57 Å². The summed E-state index contributed by atoms with van der Waals surface area (Å²) in [5, 5.41) is 2.15. The molecule has 0 spiro atoms. The summed E-state index contributed by atoms with van der Waals surface area (Å²) >= 11 is 6.14. The summed E-state index contributed by atoms with van der Waals surface area (Å²) in [6, 6.07) is 23.3. The van der Waals surface area contributed by atoms with Gasteiger partial charge in [-0.1, -0.05) is 67.9 Å². The number of nitrogens with zero attached hydrogens (tertiary/aromatic N) is 1. The summed E-state index contributed by atoms with van der Waals surface area (Å²) in [5.41, 5.74) is 10.0. The number of nitrogens with two attached hydrogens (primary N) is 1. The van der Waals surface area contributed by atoms with Gasteiger partial charge in [-0.25, -0.2) is 0 Å². The van der Waals surface area contributed by atoms with Gasteiger partial charge in [0.1, 0.15) is 12.4 Å². The molecule has 1 aromatic heterocycles. The number of pyridine rings is 1. The summed E-state index contributed by atoms with van der Waals surface area (Å²) in [5.74, 6) is 1.02. The minimum absolute atomic E-state index is 0.0264. The minimum Gasteiger partial charge on any atom is -0.489 e. The molecule has 1 heterocycles. The molecule has 4 rings (SSSR count). The number of fused-ring (bicyclic) bond motifs is 1. The maximum absolute atomic E-state index is 13.4. The maximum Gasteiger partial charge on any atom is 0.258 e. The fraction of sp³-hybridized carbons (Fsp3) is 0.222. The second-order valence-electron chi connectivity index (χ2n) is 8.32. The minimum atomic E-state index is -0.0264. The van der Waals surface area contributed by atoms with E-state index in [1.807, 2.05) is 77.4 Å². The maximum atomic E-state index is 13.4. The Balaban J connectivity index is 1.90. The molecule has 0 radical (unpaired) electrons. The Kier molecular flexibility index (Phi) is 6.63. The predicted molar refractivity (Wildman–Crippen MR) is 132 cm³/mol. The third kappa shape index (κ3) is 4.57. The highest BCUT2D eigenvalue weighted by atomic mass is 35.5. The molecule has 0 saturated carbocycles. The van der Waals surface area contributed by atoms with Crippen LogP contribution in [0.4, 0.5) is 0 Å². The molecule has 0 atom stereocenters. The average molecular weight is 447 g/mol. The molecule has 32 heavy (non-hydrogen) atoms. The molecule has 3 aromatic carbocycles. The molecule has 5 heteroatoms. The SMILES string of the molecule is CC(C)Cn1c(CN)c(-c2ccc(Cl)cc2)c2cc(OCc3ccccc3)ccc2c1=O. The van der Waals surface area contributed by atoms with Crippen molar-refractivity contribution in [2.24, 2.45) is 11.7 Å². The smallest absolute Gasteiger partial charge is 0.258 e. The number of hydrogen-bond donors (Lipinski definition) is 1. The topological polar surface area (TPSA) is 57.2 Å². The Morgan fingerprint density at radius 2 is 1.69 bits per heavy atom. The molecule has 0 bridgehead atoms. The highest BCUT2D eigenvalue weighted by Gasteiger charge is 2.18. The molecule has 164 valence electrons. The van der Waals surface area contributed by atoms with Gasteiger partial charge in [-0.05, 0) is 47.4 Å². The lowest BCUT2D eigenvalue weighted by Gasteiger charge is -2.21. The summed E-state index contributed by atoms with van der Waals surface area (Å²) in [6.07, 6.45) is 0. The lowest BCUT2D eigenvalue weighted by atomic mass is 9.96. The quantitative estimate of drug-likeness (QED) is 0.378. The van der Waals surface area contributed by atoms with Gasteiger partial charge < -0.3 is 15.0 Å². The van der Waals surface area contributed by atoms with Crippen molar-refractivity contribution in [2.75, 3.05) is 0 Å². The van der Waals surface area contributed by atoms with Crippen molar-refractivity contribution in [3.05, 3.63) is 99.4 Å². The van der Waals surface area contributed by atoms with E-state index >= 15 is 0 Å². The Labute approximate surface area is 193 Å². The van der Waals surface area contributed by atoms with Crippen LogP contribution in [0.5, 0.6) is 5.75 Å². The van der Waals surface area contributed by atoms with Gasteiger partial charge in [0, 0.05) is 40.1 Å². The van der Waals surface area contributed by atoms with Crippen molar-refractivity contribution >= 4 is 22.4 Å². The molecule has 0 amide bonds. The van der Waals surface area contributed by atoms with Gasteiger partial charge in [-0.2, -0.15) is 0 Å². The lowest BCUT2D eigenvalue weighted by molar-refractivity contribution is 0.306. The summed E-state index contributed by atoms with van der Waals surface area (Å²) in [6.45, 7) is 5.51. The molecule has 0 unspecified atom stereocenters. The van der Waals surface area contributed by atoms with Gasteiger partial charge in [0.25, 0.3) is 5.56 Å². The van der Waals surface area contributed by atoms with Crippen molar-refractivity contribution in [3.8, 4) is 16.9 Å². The van der Waals surface area contributed by atoms with Crippen LogP contribution in [-0.2, 0) is 19.7 Å². The van der Waals surface area contributed by atoms with Crippen LogP contribution in [0.15, 0.2) is 77.6 Å².